The van der Waals surface area contributed by atoms with Gasteiger partial charge in [-0.3, -0.25) is 0 Å². The maximum atomic E-state index is 5.87. The van der Waals surface area contributed by atoms with Gasteiger partial charge in [0.2, 0.25) is 0 Å². The van der Waals surface area contributed by atoms with Crippen LogP contribution >= 0.6 is 0 Å². The second-order valence-electron chi connectivity index (χ2n) is 9.32. The van der Waals surface area contributed by atoms with Crippen LogP contribution in [0.4, 0.5) is 0 Å². The first kappa shape index (κ1) is 22.9. The Bertz CT molecular complexity index is 806. The zero-order valence-corrected chi connectivity index (χ0v) is 19.4. The molecule has 2 fully saturated rings. The normalized spacial score (nSPS) is 18.4. The van der Waals surface area contributed by atoms with Gasteiger partial charge in [-0.1, -0.05) is 44.0 Å². The lowest BCUT2D eigenvalue weighted by atomic mass is 9.93. The molecule has 1 heterocycles. The lowest BCUT2D eigenvalue weighted by Crippen LogP contribution is -2.47. The molecule has 1 aliphatic heterocycles. The molecule has 0 bridgehead atoms. The van der Waals surface area contributed by atoms with Crippen molar-refractivity contribution < 1.29 is 4.74 Å². The van der Waals surface area contributed by atoms with E-state index in [-0.39, 0.29) is 0 Å². The Kier molecular flexibility index (Phi) is 8.63. The fraction of sp³-hybridized carbons (Fsp3) is 0.500. The summed E-state index contributed by atoms with van der Waals surface area (Å²) in [4.78, 5) is 2.62. The number of benzene rings is 2. The van der Waals surface area contributed by atoms with E-state index in [0.717, 1.165) is 47.8 Å². The Morgan fingerprint density at radius 2 is 1.50 bits per heavy atom. The first-order chi connectivity index (χ1) is 15.8. The van der Waals surface area contributed by atoms with E-state index in [1.165, 1.54) is 64.6 Å². The number of ether oxygens (including phenoxy) is 1. The predicted octanol–water partition coefficient (Wildman–Crippen LogP) is 5.82. The van der Waals surface area contributed by atoms with E-state index in [0.29, 0.717) is 0 Å². The van der Waals surface area contributed by atoms with E-state index < -0.39 is 0 Å². The molecular formula is C28H39N3O. The van der Waals surface area contributed by atoms with Gasteiger partial charge in [-0.05, 0) is 93.7 Å². The quantitative estimate of drug-likeness (QED) is 0.463. The molecule has 1 aliphatic carbocycles. The number of nitrogens with one attached hydrogen (secondary N) is 2. The number of hydrogen-bond donors (Lipinski definition) is 2. The summed E-state index contributed by atoms with van der Waals surface area (Å²) in [5, 5.41) is 7.43. The van der Waals surface area contributed by atoms with Gasteiger partial charge in [0.25, 0.3) is 0 Å². The molecule has 2 N–H and O–H groups in total. The van der Waals surface area contributed by atoms with E-state index in [4.69, 9.17) is 4.74 Å². The fourth-order valence-corrected chi connectivity index (χ4v) is 4.92. The SMILES string of the molecule is C=C(NCCCN1CCC(NC2CCCCC2)CC1)c1ccc(Oc2ccccc2)cc1. The second kappa shape index (κ2) is 12.1. The third kappa shape index (κ3) is 7.11. The summed E-state index contributed by atoms with van der Waals surface area (Å²) in [6.45, 7) is 8.80. The number of hydrogen-bond acceptors (Lipinski definition) is 4. The monoisotopic (exact) mass is 433 g/mol. The van der Waals surface area contributed by atoms with Crippen LogP contribution in [0.1, 0.15) is 56.9 Å². The van der Waals surface area contributed by atoms with Gasteiger partial charge in [-0.2, -0.15) is 0 Å². The summed E-state index contributed by atoms with van der Waals surface area (Å²) >= 11 is 0. The topological polar surface area (TPSA) is 36.5 Å². The number of piperidine rings is 1. The molecule has 32 heavy (non-hydrogen) atoms. The molecule has 4 nitrogen and oxygen atoms in total. The van der Waals surface area contributed by atoms with Crippen LogP contribution in [0.5, 0.6) is 11.5 Å². The summed E-state index contributed by atoms with van der Waals surface area (Å²) in [7, 11) is 0. The zero-order valence-electron chi connectivity index (χ0n) is 19.4. The highest BCUT2D eigenvalue weighted by Gasteiger charge is 2.22. The highest BCUT2D eigenvalue weighted by Crippen LogP contribution is 2.23. The summed E-state index contributed by atoms with van der Waals surface area (Å²) in [5.74, 6) is 1.69. The first-order valence-electron chi connectivity index (χ1n) is 12.5. The molecule has 4 rings (SSSR count). The van der Waals surface area contributed by atoms with Crippen LogP contribution in [-0.2, 0) is 0 Å². The Labute approximate surface area is 194 Å². The number of para-hydroxylation sites is 1. The van der Waals surface area contributed by atoms with Crippen molar-refractivity contribution in [3.05, 3.63) is 66.7 Å². The zero-order chi connectivity index (χ0) is 22.0. The molecule has 0 aromatic heterocycles. The molecule has 1 saturated carbocycles. The van der Waals surface area contributed by atoms with Crippen LogP contribution in [-0.4, -0.2) is 43.2 Å². The molecule has 2 aromatic carbocycles. The number of likely N-dealkylation sites (tertiary alicyclic amines) is 1. The minimum Gasteiger partial charge on any atom is -0.457 e. The van der Waals surface area contributed by atoms with Crippen molar-refractivity contribution in [3.8, 4) is 11.5 Å². The smallest absolute Gasteiger partial charge is 0.127 e. The molecule has 4 heteroatoms. The van der Waals surface area contributed by atoms with Crippen molar-refractivity contribution in [1.29, 1.82) is 0 Å². The standard InChI is InChI=1S/C28H39N3O/c1-23(24-13-15-28(16-14-24)32-27-11-6-3-7-12-27)29-19-8-20-31-21-17-26(18-22-31)30-25-9-4-2-5-10-25/h3,6-7,11-16,25-26,29-30H,1-2,4-5,8-10,17-22H2. The average Bonchev–Trinajstić information content (AvgIpc) is 2.84. The summed E-state index contributed by atoms with van der Waals surface area (Å²) in [6.07, 6.45) is 10.8. The van der Waals surface area contributed by atoms with Crippen LogP contribution in [0, 0.1) is 0 Å². The Morgan fingerprint density at radius 1 is 0.844 bits per heavy atom. The Morgan fingerprint density at radius 3 is 2.22 bits per heavy atom. The van der Waals surface area contributed by atoms with Crippen LogP contribution in [0.15, 0.2) is 61.2 Å². The fourth-order valence-electron chi connectivity index (χ4n) is 4.92. The largest absolute Gasteiger partial charge is 0.457 e. The van der Waals surface area contributed by atoms with E-state index in [1.54, 1.807) is 0 Å². The Balaban J connectivity index is 1.10. The molecule has 172 valence electrons. The van der Waals surface area contributed by atoms with E-state index in [2.05, 4.69) is 34.2 Å². The lowest BCUT2D eigenvalue weighted by Gasteiger charge is -2.35. The van der Waals surface area contributed by atoms with Gasteiger partial charge in [-0.25, -0.2) is 0 Å². The van der Waals surface area contributed by atoms with E-state index >= 15 is 0 Å². The van der Waals surface area contributed by atoms with Gasteiger partial charge >= 0.3 is 0 Å². The van der Waals surface area contributed by atoms with Gasteiger partial charge in [0.15, 0.2) is 0 Å². The highest BCUT2D eigenvalue weighted by atomic mass is 16.5. The van der Waals surface area contributed by atoms with Crippen molar-refractivity contribution in [2.45, 2.75) is 63.5 Å². The maximum Gasteiger partial charge on any atom is 0.127 e. The molecule has 2 aromatic rings. The van der Waals surface area contributed by atoms with Crippen molar-refractivity contribution in [3.63, 3.8) is 0 Å². The molecule has 0 amide bonds. The maximum absolute atomic E-state index is 5.87. The van der Waals surface area contributed by atoms with E-state index in [1.807, 2.05) is 42.5 Å². The third-order valence-electron chi connectivity index (χ3n) is 6.84. The molecular weight excluding hydrogens is 394 g/mol. The third-order valence-corrected chi connectivity index (χ3v) is 6.84. The highest BCUT2D eigenvalue weighted by molar-refractivity contribution is 5.62. The summed E-state index contributed by atoms with van der Waals surface area (Å²) < 4.78 is 5.87. The van der Waals surface area contributed by atoms with Gasteiger partial charge in [-0.15, -0.1) is 0 Å². The average molecular weight is 434 g/mol. The van der Waals surface area contributed by atoms with Crippen LogP contribution in [0.25, 0.3) is 5.70 Å². The van der Waals surface area contributed by atoms with Crippen LogP contribution < -0.4 is 15.4 Å². The molecule has 2 aliphatic rings. The summed E-state index contributed by atoms with van der Waals surface area (Å²) in [6, 6.07) is 19.5. The minimum absolute atomic E-state index is 0.737. The van der Waals surface area contributed by atoms with Crippen LogP contribution in [0.3, 0.4) is 0 Å². The van der Waals surface area contributed by atoms with Gasteiger partial charge < -0.3 is 20.3 Å². The molecule has 0 radical (unpaired) electrons. The molecule has 0 unspecified atom stereocenters. The first-order valence-corrected chi connectivity index (χ1v) is 12.5. The van der Waals surface area contributed by atoms with Crippen molar-refractivity contribution >= 4 is 5.70 Å². The lowest BCUT2D eigenvalue weighted by molar-refractivity contribution is 0.183. The predicted molar refractivity (Wildman–Crippen MR) is 134 cm³/mol. The molecule has 1 saturated heterocycles. The second-order valence-corrected chi connectivity index (χ2v) is 9.32. The van der Waals surface area contributed by atoms with Crippen molar-refractivity contribution in [2.24, 2.45) is 0 Å². The molecule has 0 spiro atoms. The van der Waals surface area contributed by atoms with Gasteiger partial charge in [0.1, 0.15) is 11.5 Å². The number of nitrogens with zero attached hydrogens (tertiary/aromatic N) is 1. The number of rotatable bonds is 10. The van der Waals surface area contributed by atoms with Gasteiger partial charge in [0.05, 0.1) is 0 Å². The van der Waals surface area contributed by atoms with E-state index in [9.17, 15) is 0 Å². The van der Waals surface area contributed by atoms with Crippen LogP contribution in [0.2, 0.25) is 0 Å². The Hall–Kier alpha value is -2.30. The minimum atomic E-state index is 0.737. The molecule has 0 atom stereocenters. The van der Waals surface area contributed by atoms with Crippen molar-refractivity contribution in [1.82, 2.24) is 15.5 Å². The summed E-state index contributed by atoms with van der Waals surface area (Å²) in [5.41, 5.74) is 2.09. The van der Waals surface area contributed by atoms with Crippen molar-refractivity contribution in [2.75, 3.05) is 26.2 Å². The van der Waals surface area contributed by atoms with Gasteiger partial charge in [0, 0.05) is 24.3 Å².